The van der Waals surface area contributed by atoms with Crippen molar-refractivity contribution in [2.45, 2.75) is 0 Å². The number of hydrogen-bond acceptors (Lipinski definition) is 4. The number of aromatic amines is 2. The first-order valence-corrected chi connectivity index (χ1v) is 6.45. The lowest BCUT2D eigenvalue weighted by Crippen LogP contribution is -1.89. The second-order valence-corrected chi connectivity index (χ2v) is 4.65. The van der Waals surface area contributed by atoms with Crippen molar-refractivity contribution in [2.75, 3.05) is 0 Å². The number of imidazole rings is 1. The number of nitrogens with one attached hydrogen (secondary N) is 2. The van der Waals surface area contributed by atoms with Crippen molar-refractivity contribution in [1.82, 2.24) is 19.9 Å². The third-order valence-corrected chi connectivity index (χ3v) is 3.10. The van der Waals surface area contributed by atoms with Gasteiger partial charge >= 0.3 is 0 Å². The van der Waals surface area contributed by atoms with Crippen molar-refractivity contribution in [1.29, 1.82) is 0 Å². The number of halogens is 1. The molecule has 3 aromatic rings. The molecular formula is C14H9FN4OS. The lowest BCUT2D eigenvalue weighted by molar-refractivity contribution is 0.111. The van der Waals surface area contributed by atoms with Crippen molar-refractivity contribution >= 4 is 18.5 Å². The van der Waals surface area contributed by atoms with Crippen LogP contribution in [0.15, 0.2) is 36.5 Å². The quantitative estimate of drug-likeness (QED) is 0.575. The van der Waals surface area contributed by atoms with E-state index < -0.39 is 0 Å². The minimum atomic E-state index is -0.338. The Morgan fingerprint density at radius 3 is 2.57 bits per heavy atom. The summed E-state index contributed by atoms with van der Waals surface area (Å²) in [5.41, 5.74) is 2.47. The van der Waals surface area contributed by atoms with E-state index in [4.69, 9.17) is 12.2 Å². The third-order valence-electron chi connectivity index (χ3n) is 2.90. The molecule has 0 unspecified atom stereocenters. The molecule has 0 aliphatic rings. The van der Waals surface area contributed by atoms with Crippen LogP contribution < -0.4 is 0 Å². The van der Waals surface area contributed by atoms with Gasteiger partial charge in [0.1, 0.15) is 5.82 Å². The molecule has 7 heteroatoms. The van der Waals surface area contributed by atoms with Gasteiger partial charge in [-0.15, -0.1) is 0 Å². The average Bonchev–Trinajstić information content (AvgIpc) is 2.92. The normalized spacial score (nSPS) is 10.5. The van der Waals surface area contributed by atoms with Crippen molar-refractivity contribution in [3.8, 4) is 22.6 Å². The summed E-state index contributed by atoms with van der Waals surface area (Å²) in [6, 6.07) is 7.58. The molecule has 0 saturated carbocycles. The van der Waals surface area contributed by atoms with Crippen molar-refractivity contribution < 1.29 is 9.18 Å². The first kappa shape index (κ1) is 13.3. The maximum absolute atomic E-state index is 13.0. The standard InChI is InChI=1S/C14H9FN4OS/c15-9-3-1-8(2-4-9)12-13(19-11(7-20)18-12)10-5-6-16-14(21)17-10/h1-7H,(H,18,19)(H,16,17,21). The van der Waals surface area contributed by atoms with Gasteiger partial charge in [0.2, 0.25) is 0 Å². The summed E-state index contributed by atoms with van der Waals surface area (Å²) in [5.74, 6) is -0.157. The Bertz CT molecular complexity index is 854. The van der Waals surface area contributed by atoms with Crippen LogP contribution in [0.2, 0.25) is 0 Å². The van der Waals surface area contributed by atoms with Crippen molar-refractivity contribution in [3.05, 3.63) is 52.9 Å². The fraction of sp³-hybridized carbons (Fsp3) is 0. The smallest absolute Gasteiger partial charge is 0.197 e. The number of hydrogen-bond donors (Lipinski definition) is 2. The Kier molecular flexibility index (Phi) is 3.41. The Morgan fingerprint density at radius 1 is 1.14 bits per heavy atom. The van der Waals surface area contributed by atoms with Crippen LogP contribution in [0, 0.1) is 10.6 Å². The van der Waals surface area contributed by atoms with Gasteiger partial charge in [-0.3, -0.25) is 4.79 Å². The first-order valence-electron chi connectivity index (χ1n) is 6.04. The molecule has 0 radical (unpaired) electrons. The van der Waals surface area contributed by atoms with E-state index in [-0.39, 0.29) is 11.6 Å². The highest BCUT2D eigenvalue weighted by Crippen LogP contribution is 2.28. The van der Waals surface area contributed by atoms with Crippen LogP contribution in [0.4, 0.5) is 4.39 Å². The zero-order chi connectivity index (χ0) is 14.8. The molecule has 2 aromatic heterocycles. The Morgan fingerprint density at radius 2 is 1.90 bits per heavy atom. The fourth-order valence-electron chi connectivity index (χ4n) is 1.97. The van der Waals surface area contributed by atoms with E-state index in [2.05, 4.69) is 19.9 Å². The molecule has 0 fully saturated rings. The minimum absolute atomic E-state index is 0.181. The number of aromatic nitrogens is 4. The van der Waals surface area contributed by atoms with Crippen molar-refractivity contribution in [3.63, 3.8) is 0 Å². The molecule has 5 nitrogen and oxygen atoms in total. The Balaban J connectivity index is 2.20. The van der Waals surface area contributed by atoms with E-state index in [0.29, 0.717) is 33.7 Å². The monoisotopic (exact) mass is 300 g/mol. The van der Waals surface area contributed by atoms with Crippen LogP contribution in [-0.4, -0.2) is 26.2 Å². The van der Waals surface area contributed by atoms with Gasteiger partial charge in [0.15, 0.2) is 16.9 Å². The Labute approximate surface area is 123 Å². The van der Waals surface area contributed by atoms with E-state index >= 15 is 0 Å². The van der Waals surface area contributed by atoms with E-state index in [9.17, 15) is 9.18 Å². The summed E-state index contributed by atoms with van der Waals surface area (Å²) >= 11 is 4.99. The van der Waals surface area contributed by atoms with Crippen LogP contribution in [0.25, 0.3) is 22.6 Å². The Hall–Kier alpha value is -2.67. The highest BCUT2D eigenvalue weighted by atomic mass is 32.1. The SMILES string of the molecule is O=Cc1nc(-c2ccc(F)cc2)c(-c2ccnc(=S)[nH]2)[nH]1. The van der Waals surface area contributed by atoms with Gasteiger partial charge in [0.25, 0.3) is 0 Å². The second kappa shape index (κ2) is 5.37. The molecule has 0 aliphatic heterocycles. The predicted molar refractivity (Wildman–Crippen MR) is 77.8 cm³/mol. The predicted octanol–water partition coefficient (Wildman–Crippen LogP) is 3.15. The van der Waals surface area contributed by atoms with Gasteiger partial charge in [-0.2, -0.15) is 0 Å². The molecule has 2 heterocycles. The van der Waals surface area contributed by atoms with Gasteiger partial charge < -0.3 is 9.97 Å². The van der Waals surface area contributed by atoms with Gasteiger partial charge in [-0.1, -0.05) is 0 Å². The number of carbonyl (C=O) groups excluding carboxylic acids is 1. The number of rotatable bonds is 3. The molecule has 0 amide bonds. The molecule has 21 heavy (non-hydrogen) atoms. The molecule has 2 N–H and O–H groups in total. The van der Waals surface area contributed by atoms with Gasteiger partial charge in [-0.25, -0.2) is 14.4 Å². The molecule has 0 atom stereocenters. The van der Waals surface area contributed by atoms with Gasteiger partial charge in [0, 0.05) is 11.8 Å². The third kappa shape index (κ3) is 2.63. The van der Waals surface area contributed by atoms with Crippen molar-refractivity contribution in [2.24, 2.45) is 0 Å². The maximum atomic E-state index is 13.0. The summed E-state index contributed by atoms with van der Waals surface area (Å²) < 4.78 is 13.4. The number of carbonyl (C=O) groups is 1. The summed E-state index contributed by atoms with van der Waals surface area (Å²) in [6.45, 7) is 0. The topological polar surface area (TPSA) is 74.4 Å². The molecule has 0 spiro atoms. The minimum Gasteiger partial charge on any atom is -0.334 e. The summed E-state index contributed by atoms with van der Waals surface area (Å²) in [6.07, 6.45) is 2.18. The number of aldehydes is 1. The fourth-order valence-corrected chi connectivity index (χ4v) is 2.14. The summed E-state index contributed by atoms with van der Waals surface area (Å²) in [5, 5.41) is 0. The first-order chi connectivity index (χ1) is 10.2. The number of benzene rings is 1. The molecule has 1 aromatic carbocycles. The zero-order valence-corrected chi connectivity index (χ0v) is 11.4. The van der Waals surface area contributed by atoms with E-state index in [0.717, 1.165) is 0 Å². The lowest BCUT2D eigenvalue weighted by atomic mass is 10.1. The van der Waals surface area contributed by atoms with Gasteiger partial charge in [0.05, 0.1) is 17.1 Å². The van der Waals surface area contributed by atoms with Crippen LogP contribution in [0.1, 0.15) is 10.6 Å². The van der Waals surface area contributed by atoms with E-state index in [1.165, 1.54) is 12.1 Å². The summed E-state index contributed by atoms with van der Waals surface area (Å²) in [7, 11) is 0. The summed E-state index contributed by atoms with van der Waals surface area (Å²) in [4.78, 5) is 24.9. The highest BCUT2D eigenvalue weighted by Gasteiger charge is 2.14. The lowest BCUT2D eigenvalue weighted by Gasteiger charge is -2.03. The van der Waals surface area contributed by atoms with Crippen LogP contribution in [0.5, 0.6) is 0 Å². The van der Waals surface area contributed by atoms with E-state index in [1.54, 1.807) is 24.4 Å². The zero-order valence-electron chi connectivity index (χ0n) is 10.6. The molecule has 3 rings (SSSR count). The molecule has 0 bridgehead atoms. The molecule has 0 saturated heterocycles. The van der Waals surface area contributed by atoms with Crippen LogP contribution in [0.3, 0.4) is 0 Å². The van der Waals surface area contributed by atoms with Gasteiger partial charge in [-0.05, 0) is 42.5 Å². The van der Waals surface area contributed by atoms with Crippen LogP contribution in [-0.2, 0) is 0 Å². The highest BCUT2D eigenvalue weighted by molar-refractivity contribution is 7.71. The molecular weight excluding hydrogens is 291 g/mol. The molecule has 104 valence electrons. The average molecular weight is 300 g/mol. The maximum Gasteiger partial charge on any atom is 0.197 e. The number of H-pyrrole nitrogens is 2. The van der Waals surface area contributed by atoms with E-state index in [1.807, 2.05) is 0 Å². The van der Waals surface area contributed by atoms with Crippen LogP contribution >= 0.6 is 12.2 Å². The molecule has 0 aliphatic carbocycles. The largest absolute Gasteiger partial charge is 0.334 e. The second-order valence-electron chi connectivity index (χ2n) is 4.26. The number of nitrogens with zero attached hydrogens (tertiary/aromatic N) is 2.